The fourth-order valence-corrected chi connectivity index (χ4v) is 3.66. The molecule has 5 atom stereocenters. The van der Waals surface area contributed by atoms with Crippen molar-refractivity contribution in [3.05, 3.63) is 41.5 Å². The Balaban J connectivity index is 2.22. The van der Waals surface area contributed by atoms with Crippen molar-refractivity contribution >= 4 is 5.97 Å². The lowest BCUT2D eigenvalue weighted by molar-refractivity contribution is -0.136. The summed E-state index contributed by atoms with van der Waals surface area (Å²) in [6.45, 7) is 4.00. The molecule has 0 aromatic heterocycles. The summed E-state index contributed by atoms with van der Waals surface area (Å²) in [6.07, 6.45) is 5.06. The van der Waals surface area contributed by atoms with Gasteiger partial charge in [-0.25, -0.2) is 0 Å². The van der Waals surface area contributed by atoms with Crippen molar-refractivity contribution in [3.63, 3.8) is 0 Å². The zero-order valence-corrected chi connectivity index (χ0v) is 15.5. The number of aryl methyl sites for hydroxylation is 1. The van der Waals surface area contributed by atoms with Crippen molar-refractivity contribution in [1.29, 1.82) is 0 Å². The highest BCUT2D eigenvalue weighted by Gasteiger charge is 2.36. The third-order valence-corrected chi connectivity index (χ3v) is 5.60. The number of aromatic hydroxyl groups is 1. The summed E-state index contributed by atoms with van der Waals surface area (Å²) in [5.74, 6) is -0.833. The molecule has 5 heteroatoms. The van der Waals surface area contributed by atoms with E-state index in [4.69, 9.17) is 5.11 Å². The van der Waals surface area contributed by atoms with Gasteiger partial charge in [-0.05, 0) is 42.2 Å². The van der Waals surface area contributed by atoms with E-state index >= 15 is 0 Å². The van der Waals surface area contributed by atoms with Crippen LogP contribution < -0.4 is 0 Å². The van der Waals surface area contributed by atoms with Gasteiger partial charge in [-0.15, -0.1) is 0 Å². The van der Waals surface area contributed by atoms with Crippen molar-refractivity contribution in [2.24, 2.45) is 11.8 Å². The largest absolute Gasteiger partial charge is 0.507 e. The van der Waals surface area contributed by atoms with Crippen LogP contribution in [0.25, 0.3) is 0 Å². The summed E-state index contributed by atoms with van der Waals surface area (Å²) in [5, 5.41) is 40.0. The SMILES string of the molecule is CC[C@@H](C)[C@H](O)/C=C/[C@H]1[C@H](O)CC[C@@H]1c1cccc(CCC(=O)O)c1O. The van der Waals surface area contributed by atoms with E-state index in [9.17, 15) is 20.1 Å². The molecule has 1 aliphatic carbocycles. The summed E-state index contributed by atoms with van der Waals surface area (Å²) < 4.78 is 0. The molecule has 1 aromatic rings. The first kappa shape index (κ1) is 20.5. The zero-order chi connectivity index (χ0) is 19.3. The first-order valence-electron chi connectivity index (χ1n) is 9.42. The number of hydrogen-bond donors (Lipinski definition) is 4. The van der Waals surface area contributed by atoms with Crippen LogP contribution in [0, 0.1) is 11.8 Å². The smallest absolute Gasteiger partial charge is 0.303 e. The molecule has 1 aliphatic rings. The molecule has 0 bridgehead atoms. The molecule has 26 heavy (non-hydrogen) atoms. The minimum absolute atomic E-state index is 0.0330. The molecular formula is C21H30O5. The van der Waals surface area contributed by atoms with Gasteiger partial charge in [-0.3, -0.25) is 4.79 Å². The molecule has 0 saturated heterocycles. The highest BCUT2D eigenvalue weighted by Crippen LogP contribution is 2.44. The Kier molecular flexibility index (Phi) is 7.23. The van der Waals surface area contributed by atoms with E-state index in [0.29, 0.717) is 12.0 Å². The maximum absolute atomic E-state index is 10.8. The Morgan fingerprint density at radius 3 is 2.73 bits per heavy atom. The van der Waals surface area contributed by atoms with Gasteiger partial charge < -0.3 is 20.4 Å². The summed E-state index contributed by atoms with van der Waals surface area (Å²) in [4.78, 5) is 10.8. The summed E-state index contributed by atoms with van der Waals surface area (Å²) in [5.41, 5.74) is 1.37. The van der Waals surface area contributed by atoms with Crippen LogP contribution in [-0.4, -0.2) is 38.6 Å². The van der Waals surface area contributed by atoms with Gasteiger partial charge >= 0.3 is 5.97 Å². The number of phenolic OH excluding ortho intramolecular Hbond substituents is 1. The van der Waals surface area contributed by atoms with E-state index in [1.54, 1.807) is 12.1 Å². The molecule has 0 spiro atoms. The number of benzene rings is 1. The quantitative estimate of drug-likeness (QED) is 0.532. The summed E-state index contributed by atoms with van der Waals surface area (Å²) in [7, 11) is 0. The van der Waals surface area contributed by atoms with Crippen LogP contribution in [0.4, 0.5) is 0 Å². The van der Waals surface area contributed by atoms with Gasteiger partial charge in [-0.1, -0.05) is 50.6 Å². The number of carboxylic acid groups (broad SMARTS) is 1. The number of para-hydroxylation sites is 1. The standard InChI is InChI=1S/C21H30O5/c1-3-13(2)18(22)10-9-16-15(8-11-19(16)23)17-6-4-5-14(21(17)26)7-12-20(24)25/h4-6,9-10,13,15-16,18-19,22-23,26H,3,7-8,11-12H2,1-2H3,(H,24,25)/b10-9+/t13-,15+,16-,18-,19-/m1/s1. The molecule has 0 amide bonds. The van der Waals surface area contributed by atoms with Gasteiger partial charge in [0, 0.05) is 12.3 Å². The molecule has 0 unspecified atom stereocenters. The third kappa shape index (κ3) is 4.86. The zero-order valence-electron chi connectivity index (χ0n) is 15.5. The highest BCUT2D eigenvalue weighted by atomic mass is 16.4. The third-order valence-electron chi connectivity index (χ3n) is 5.60. The topological polar surface area (TPSA) is 98.0 Å². The summed E-state index contributed by atoms with van der Waals surface area (Å²) >= 11 is 0. The molecule has 1 saturated carbocycles. The predicted octanol–water partition coefficient (Wildman–Crippen LogP) is 3.23. The monoisotopic (exact) mass is 362 g/mol. The van der Waals surface area contributed by atoms with Crippen LogP contribution in [0.5, 0.6) is 5.75 Å². The number of aliphatic carboxylic acids is 1. The second-order valence-electron chi connectivity index (χ2n) is 7.34. The van der Waals surface area contributed by atoms with Crippen LogP contribution in [0.3, 0.4) is 0 Å². The molecule has 1 aromatic carbocycles. The number of carbonyl (C=O) groups is 1. The highest BCUT2D eigenvalue weighted by molar-refractivity contribution is 5.67. The van der Waals surface area contributed by atoms with Gasteiger partial charge in [0.25, 0.3) is 0 Å². The van der Waals surface area contributed by atoms with E-state index in [1.165, 1.54) is 0 Å². The summed E-state index contributed by atoms with van der Waals surface area (Å²) in [6, 6.07) is 5.41. The van der Waals surface area contributed by atoms with Gasteiger partial charge in [0.1, 0.15) is 5.75 Å². The van der Waals surface area contributed by atoms with Crippen LogP contribution in [0.1, 0.15) is 56.6 Å². The van der Waals surface area contributed by atoms with Crippen molar-refractivity contribution < 1.29 is 25.2 Å². The number of phenols is 1. The fourth-order valence-electron chi connectivity index (χ4n) is 3.66. The molecule has 5 nitrogen and oxygen atoms in total. The van der Waals surface area contributed by atoms with Crippen molar-refractivity contribution in [2.75, 3.05) is 0 Å². The maximum atomic E-state index is 10.8. The molecule has 1 fully saturated rings. The Hall–Kier alpha value is -1.85. The van der Waals surface area contributed by atoms with E-state index < -0.39 is 18.2 Å². The van der Waals surface area contributed by atoms with Crippen LogP contribution in [0.2, 0.25) is 0 Å². The second-order valence-corrected chi connectivity index (χ2v) is 7.34. The lowest BCUT2D eigenvalue weighted by Crippen LogP contribution is -2.19. The van der Waals surface area contributed by atoms with Crippen LogP contribution in [0.15, 0.2) is 30.4 Å². The molecule has 144 valence electrons. The van der Waals surface area contributed by atoms with Crippen molar-refractivity contribution in [1.82, 2.24) is 0 Å². The van der Waals surface area contributed by atoms with Gasteiger partial charge in [0.05, 0.1) is 12.2 Å². The lowest BCUT2D eigenvalue weighted by Gasteiger charge is -2.22. The Bertz CT molecular complexity index is 639. The number of carboxylic acids is 1. The minimum Gasteiger partial charge on any atom is -0.507 e. The average molecular weight is 362 g/mol. The van der Waals surface area contributed by atoms with E-state index in [0.717, 1.165) is 18.4 Å². The molecular weight excluding hydrogens is 332 g/mol. The van der Waals surface area contributed by atoms with Crippen LogP contribution >= 0.6 is 0 Å². The molecule has 4 N–H and O–H groups in total. The van der Waals surface area contributed by atoms with Gasteiger partial charge in [0.2, 0.25) is 0 Å². The average Bonchev–Trinajstić information content (AvgIpc) is 2.98. The first-order chi connectivity index (χ1) is 12.3. The van der Waals surface area contributed by atoms with Crippen molar-refractivity contribution in [3.8, 4) is 5.75 Å². The van der Waals surface area contributed by atoms with E-state index in [1.807, 2.05) is 32.1 Å². The maximum Gasteiger partial charge on any atom is 0.303 e. The van der Waals surface area contributed by atoms with Gasteiger partial charge in [-0.2, -0.15) is 0 Å². The number of rotatable bonds is 8. The first-order valence-corrected chi connectivity index (χ1v) is 9.42. The molecule has 2 rings (SSSR count). The predicted molar refractivity (Wildman–Crippen MR) is 100 cm³/mol. The molecule has 0 radical (unpaired) electrons. The molecule has 0 heterocycles. The Labute approximate surface area is 155 Å². The lowest BCUT2D eigenvalue weighted by atomic mass is 9.85. The number of hydrogen-bond acceptors (Lipinski definition) is 4. The number of aliphatic hydroxyl groups is 2. The van der Waals surface area contributed by atoms with E-state index in [-0.39, 0.29) is 36.3 Å². The van der Waals surface area contributed by atoms with Crippen LogP contribution in [-0.2, 0) is 11.2 Å². The van der Waals surface area contributed by atoms with Gasteiger partial charge in [0.15, 0.2) is 0 Å². The van der Waals surface area contributed by atoms with E-state index in [2.05, 4.69) is 0 Å². The molecule has 0 aliphatic heterocycles. The second kappa shape index (κ2) is 9.19. The minimum atomic E-state index is -0.897. The Morgan fingerprint density at radius 2 is 2.08 bits per heavy atom. The number of aliphatic hydroxyl groups excluding tert-OH is 2. The van der Waals surface area contributed by atoms with Crippen molar-refractivity contribution in [2.45, 2.75) is 64.1 Å². The fraction of sp³-hybridized carbons (Fsp3) is 0.571. The Morgan fingerprint density at radius 1 is 1.35 bits per heavy atom. The normalized spacial score (nSPS) is 25.5.